The summed E-state index contributed by atoms with van der Waals surface area (Å²) in [6, 6.07) is 1.90. The van der Waals surface area contributed by atoms with Gasteiger partial charge in [-0.25, -0.2) is 4.98 Å². The summed E-state index contributed by atoms with van der Waals surface area (Å²) in [5.41, 5.74) is 1.82. The van der Waals surface area contributed by atoms with Crippen LogP contribution in [0.5, 0.6) is 0 Å². The molecule has 0 radical (unpaired) electrons. The molecule has 0 amide bonds. The molecule has 68 valence electrons. The molecule has 0 spiro atoms. The highest BCUT2D eigenvalue weighted by atomic mass is 35.5. The van der Waals surface area contributed by atoms with Crippen molar-refractivity contribution in [2.24, 2.45) is 0 Å². The zero-order valence-electron chi connectivity index (χ0n) is 7.04. The van der Waals surface area contributed by atoms with E-state index in [0.717, 1.165) is 17.6 Å². The number of imidazole rings is 1. The maximum atomic E-state index is 5.90. The Kier molecular flexibility index (Phi) is 2.09. The zero-order valence-corrected chi connectivity index (χ0v) is 8.61. The minimum atomic E-state index is 0.468. The van der Waals surface area contributed by atoms with E-state index in [9.17, 15) is 0 Å². The van der Waals surface area contributed by atoms with Gasteiger partial charge in [0.1, 0.15) is 5.52 Å². The zero-order chi connectivity index (χ0) is 9.42. The van der Waals surface area contributed by atoms with Gasteiger partial charge in [0.15, 0.2) is 9.92 Å². The van der Waals surface area contributed by atoms with Gasteiger partial charge in [-0.3, -0.25) is 0 Å². The van der Waals surface area contributed by atoms with Crippen LogP contribution >= 0.6 is 23.8 Å². The fraction of sp³-hybridized carbons (Fsp3) is 0.250. The first kappa shape index (κ1) is 8.72. The van der Waals surface area contributed by atoms with Crippen LogP contribution in [0, 0.1) is 4.77 Å². The second-order valence-electron chi connectivity index (χ2n) is 2.67. The number of hydrogen-bond acceptors (Lipinski definition) is 2. The lowest BCUT2D eigenvalue weighted by atomic mass is 10.4. The molecule has 0 saturated carbocycles. The van der Waals surface area contributed by atoms with Gasteiger partial charge in [-0.1, -0.05) is 11.6 Å². The van der Waals surface area contributed by atoms with Crippen molar-refractivity contribution in [3.63, 3.8) is 0 Å². The van der Waals surface area contributed by atoms with E-state index in [2.05, 4.69) is 9.97 Å². The Morgan fingerprint density at radius 3 is 3.15 bits per heavy atom. The van der Waals surface area contributed by atoms with E-state index < -0.39 is 0 Å². The quantitative estimate of drug-likeness (QED) is 0.584. The Morgan fingerprint density at radius 1 is 1.69 bits per heavy atom. The smallest absolute Gasteiger partial charge is 0.178 e. The average Bonchev–Trinajstić information content (AvgIpc) is 2.43. The van der Waals surface area contributed by atoms with E-state index in [1.807, 2.05) is 17.6 Å². The Hall–Kier alpha value is -0.870. The van der Waals surface area contributed by atoms with Crippen LogP contribution < -0.4 is 0 Å². The van der Waals surface area contributed by atoms with Crippen LogP contribution in [0.25, 0.3) is 11.0 Å². The first-order chi connectivity index (χ1) is 6.24. The lowest BCUT2D eigenvalue weighted by molar-refractivity contribution is 0.774. The first-order valence-electron chi connectivity index (χ1n) is 3.97. The summed E-state index contributed by atoms with van der Waals surface area (Å²) in [4.78, 5) is 7.00. The van der Waals surface area contributed by atoms with Crippen LogP contribution in [0.3, 0.4) is 0 Å². The number of aromatic amines is 1. The summed E-state index contributed by atoms with van der Waals surface area (Å²) < 4.78 is 2.67. The lowest BCUT2D eigenvalue weighted by Crippen LogP contribution is -1.92. The van der Waals surface area contributed by atoms with Crippen LogP contribution in [-0.2, 0) is 6.54 Å². The van der Waals surface area contributed by atoms with Gasteiger partial charge >= 0.3 is 0 Å². The lowest BCUT2D eigenvalue weighted by Gasteiger charge is -1.97. The molecule has 2 aromatic heterocycles. The Bertz CT molecular complexity index is 500. The maximum absolute atomic E-state index is 5.90. The summed E-state index contributed by atoms with van der Waals surface area (Å²) in [5, 5.41) is 0.468. The second kappa shape index (κ2) is 3.12. The van der Waals surface area contributed by atoms with Crippen molar-refractivity contribution < 1.29 is 0 Å². The standard InChI is InChI=1S/C8H8ClN3S/c1-2-12-5-3-4-10-7(9)6(5)11-8(12)13/h3-4H,2H2,1H3,(H,11,13). The van der Waals surface area contributed by atoms with Crippen molar-refractivity contribution in [1.82, 2.24) is 14.5 Å². The number of H-pyrrole nitrogens is 1. The highest BCUT2D eigenvalue weighted by Crippen LogP contribution is 2.19. The van der Waals surface area contributed by atoms with E-state index in [1.165, 1.54) is 0 Å². The predicted octanol–water partition coefficient (Wildman–Crippen LogP) is 2.77. The predicted molar refractivity (Wildman–Crippen MR) is 55.6 cm³/mol. The molecule has 0 atom stereocenters. The van der Waals surface area contributed by atoms with Gasteiger partial charge in [0.25, 0.3) is 0 Å². The van der Waals surface area contributed by atoms with Gasteiger partial charge in [0.2, 0.25) is 0 Å². The molecule has 2 heterocycles. The van der Waals surface area contributed by atoms with Crippen molar-refractivity contribution in [1.29, 1.82) is 0 Å². The van der Waals surface area contributed by atoms with E-state index >= 15 is 0 Å². The summed E-state index contributed by atoms with van der Waals surface area (Å²) in [6.45, 7) is 2.87. The van der Waals surface area contributed by atoms with Crippen LogP contribution in [0.2, 0.25) is 5.15 Å². The Morgan fingerprint density at radius 2 is 2.46 bits per heavy atom. The van der Waals surface area contributed by atoms with Crippen LogP contribution in [0.1, 0.15) is 6.92 Å². The molecule has 0 aliphatic heterocycles. The van der Waals surface area contributed by atoms with Crippen LogP contribution in [0.4, 0.5) is 0 Å². The number of nitrogens with one attached hydrogen (secondary N) is 1. The minimum Gasteiger partial charge on any atom is -0.328 e. The molecule has 0 aliphatic rings. The van der Waals surface area contributed by atoms with Gasteiger partial charge in [-0.2, -0.15) is 0 Å². The third kappa shape index (κ3) is 1.26. The van der Waals surface area contributed by atoms with E-state index in [1.54, 1.807) is 6.20 Å². The average molecular weight is 214 g/mol. The number of aryl methyl sites for hydroxylation is 1. The number of pyridine rings is 1. The molecule has 3 nitrogen and oxygen atoms in total. The summed E-state index contributed by atoms with van der Waals surface area (Å²) in [7, 11) is 0. The highest BCUT2D eigenvalue weighted by molar-refractivity contribution is 7.71. The van der Waals surface area contributed by atoms with E-state index in [0.29, 0.717) is 9.92 Å². The molecule has 5 heteroatoms. The molecule has 0 unspecified atom stereocenters. The highest BCUT2D eigenvalue weighted by Gasteiger charge is 2.05. The number of nitrogens with zero attached hydrogens (tertiary/aromatic N) is 2. The molecular formula is C8H8ClN3S. The number of fused-ring (bicyclic) bond motifs is 1. The number of halogens is 1. The number of rotatable bonds is 1. The molecule has 1 N–H and O–H groups in total. The monoisotopic (exact) mass is 213 g/mol. The van der Waals surface area contributed by atoms with E-state index in [4.69, 9.17) is 23.8 Å². The van der Waals surface area contributed by atoms with Crippen molar-refractivity contribution in [3.8, 4) is 0 Å². The SMILES string of the molecule is CCn1c(=S)[nH]c2c(Cl)nccc21. The van der Waals surface area contributed by atoms with Gasteiger partial charge < -0.3 is 9.55 Å². The fourth-order valence-corrected chi connectivity index (χ4v) is 1.90. The molecule has 0 bridgehead atoms. The molecule has 0 saturated heterocycles. The summed E-state index contributed by atoms with van der Waals surface area (Å²) in [6.07, 6.45) is 1.68. The number of aromatic nitrogens is 3. The third-order valence-corrected chi connectivity index (χ3v) is 2.58. The normalized spacial score (nSPS) is 10.9. The molecule has 0 fully saturated rings. The largest absolute Gasteiger partial charge is 0.328 e. The van der Waals surface area contributed by atoms with Crippen molar-refractivity contribution in [2.45, 2.75) is 13.5 Å². The Labute approximate surface area is 85.4 Å². The van der Waals surface area contributed by atoms with Crippen LogP contribution in [-0.4, -0.2) is 14.5 Å². The van der Waals surface area contributed by atoms with Crippen LogP contribution in [0.15, 0.2) is 12.3 Å². The van der Waals surface area contributed by atoms with Crippen molar-refractivity contribution >= 4 is 34.9 Å². The third-order valence-electron chi connectivity index (χ3n) is 1.97. The summed E-state index contributed by atoms with van der Waals surface area (Å²) >= 11 is 11.0. The molecule has 13 heavy (non-hydrogen) atoms. The van der Waals surface area contributed by atoms with Crippen molar-refractivity contribution in [3.05, 3.63) is 22.2 Å². The Balaban J connectivity index is 2.94. The molecule has 0 aromatic carbocycles. The van der Waals surface area contributed by atoms with Gasteiger partial charge in [0, 0.05) is 12.7 Å². The minimum absolute atomic E-state index is 0.468. The molecule has 0 aliphatic carbocycles. The van der Waals surface area contributed by atoms with Gasteiger partial charge in [0.05, 0.1) is 5.52 Å². The number of hydrogen-bond donors (Lipinski definition) is 1. The fourth-order valence-electron chi connectivity index (χ4n) is 1.37. The van der Waals surface area contributed by atoms with Crippen molar-refractivity contribution in [2.75, 3.05) is 0 Å². The van der Waals surface area contributed by atoms with E-state index in [-0.39, 0.29) is 0 Å². The maximum Gasteiger partial charge on any atom is 0.178 e. The summed E-state index contributed by atoms with van der Waals surface area (Å²) in [5.74, 6) is 0. The van der Waals surface area contributed by atoms with Gasteiger partial charge in [-0.15, -0.1) is 0 Å². The second-order valence-corrected chi connectivity index (χ2v) is 3.42. The van der Waals surface area contributed by atoms with Gasteiger partial charge in [-0.05, 0) is 25.2 Å². The topological polar surface area (TPSA) is 33.6 Å². The molecule has 2 rings (SSSR count). The first-order valence-corrected chi connectivity index (χ1v) is 4.75. The molecular weight excluding hydrogens is 206 g/mol. The molecule has 2 aromatic rings.